The molecule has 0 bridgehead atoms. The predicted molar refractivity (Wildman–Crippen MR) is 68.1 cm³/mol. The van der Waals surface area contributed by atoms with Gasteiger partial charge < -0.3 is 16.2 Å². The van der Waals surface area contributed by atoms with Crippen molar-refractivity contribution in [1.82, 2.24) is 5.32 Å². The van der Waals surface area contributed by atoms with E-state index in [-0.39, 0.29) is 17.2 Å². The number of carbonyl (C=O) groups is 1. The second-order valence-electron chi connectivity index (χ2n) is 4.88. The molecule has 1 rings (SSSR count). The molecular weight excluding hydrogens is 216 g/mol. The number of phenols is 1. The van der Waals surface area contributed by atoms with Crippen LogP contribution < -0.4 is 11.1 Å². The summed E-state index contributed by atoms with van der Waals surface area (Å²) in [5.74, 6) is 0.0289. The van der Waals surface area contributed by atoms with Crippen molar-refractivity contribution in [2.45, 2.75) is 32.7 Å². The number of amides is 1. The number of aromatic hydroxyl groups is 1. The van der Waals surface area contributed by atoms with Crippen LogP contribution in [-0.4, -0.2) is 23.1 Å². The first-order chi connectivity index (χ1) is 7.85. The first-order valence-corrected chi connectivity index (χ1v) is 5.68. The minimum Gasteiger partial charge on any atom is -0.508 e. The molecule has 0 saturated heterocycles. The molecule has 0 heterocycles. The number of phenolic OH excluding ortho intramolecular Hbond substituents is 1. The van der Waals surface area contributed by atoms with Gasteiger partial charge in [0.1, 0.15) is 5.75 Å². The maximum atomic E-state index is 12.0. The van der Waals surface area contributed by atoms with Gasteiger partial charge in [-0.25, -0.2) is 0 Å². The fraction of sp³-hybridized carbons (Fsp3) is 0.462. The molecule has 0 aliphatic rings. The first kappa shape index (κ1) is 13.5. The molecule has 0 atom stereocenters. The number of aryl methyl sites for hydroxylation is 1. The molecule has 0 saturated carbocycles. The van der Waals surface area contributed by atoms with Gasteiger partial charge in [0.25, 0.3) is 5.91 Å². The Morgan fingerprint density at radius 1 is 1.47 bits per heavy atom. The van der Waals surface area contributed by atoms with E-state index in [4.69, 9.17) is 5.73 Å². The van der Waals surface area contributed by atoms with Crippen molar-refractivity contribution in [3.8, 4) is 5.75 Å². The van der Waals surface area contributed by atoms with Gasteiger partial charge in [0.05, 0.1) is 0 Å². The van der Waals surface area contributed by atoms with Gasteiger partial charge in [0, 0.05) is 11.1 Å². The Balaban J connectivity index is 2.83. The lowest BCUT2D eigenvalue weighted by Gasteiger charge is -2.26. The van der Waals surface area contributed by atoms with Crippen LogP contribution in [-0.2, 0) is 0 Å². The van der Waals surface area contributed by atoms with Crippen LogP contribution in [0.25, 0.3) is 0 Å². The number of hydrogen-bond donors (Lipinski definition) is 3. The molecule has 0 aliphatic heterocycles. The molecule has 1 amide bonds. The number of nitrogens with two attached hydrogens (primary N) is 1. The Hall–Kier alpha value is -1.55. The van der Waals surface area contributed by atoms with Crippen LogP contribution in [0.2, 0.25) is 0 Å². The minimum absolute atomic E-state index is 0.138. The summed E-state index contributed by atoms with van der Waals surface area (Å²) in [7, 11) is 0. The highest BCUT2D eigenvalue weighted by atomic mass is 16.3. The molecule has 4 heteroatoms. The van der Waals surface area contributed by atoms with E-state index in [1.807, 2.05) is 13.8 Å². The van der Waals surface area contributed by atoms with E-state index >= 15 is 0 Å². The first-order valence-electron chi connectivity index (χ1n) is 5.68. The molecule has 1 aromatic rings. The highest BCUT2D eigenvalue weighted by Crippen LogP contribution is 2.17. The van der Waals surface area contributed by atoms with Crippen molar-refractivity contribution in [3.05, 3.63) is 29.3 Å². The number of rotatable bonds is 4. The third kappa shape index (κ3) is 3.75. The SMILES string of the molecule is Cc1cc(O)ccc1C(=O)NC(C)(C)CCN. The van der Waals surface area contributed by atoms with Crippen molar-refractivity contribution in [2.75, 3.05) is 6.54 Å². The van der Waals surface area contributed by atoms with Crippen LogP contribution in [0.1, 0.15) is 36.2 Å². The van der Waals surface area contributed by atoms with Crippen LogP contribution in [0.5, 0.6) is 5.75 Å². The normalized spacial score (nSPS) is 11.3. The van der Waals surface area contributed by atoms with E-state index in [0.717, 1.165) is 12.0 Å². The summed E-state index contributed by atoms with van der Waals surface area (Å²) in [6.07, 6.45) is 0.718. The molecule has 0 radical (unpaired) electrons. The second-order valence-corrected chi connectivity index (χ2v) is 4.88. The van der Waals surface area contributed by atoms with Crippen LogP contribution in [0, 0.1) is 6.92 Å². The van der Waals surface area contributed by atoms with Gasteiger partial charge in [0.2, 0.25) is 0 Å². The van der Waals surface area contributed by atoms with E-state index in [0.29, 0.717) is 12.1 Å². The fourth-order valence-corrected chi connectivity index (χ4v) is 1.70. The third-order valence-electron chi connectivity index (χ3n) is 2.68. The lowest BCUT2D eigenvalue weighted by Crippen LogP contribution is -2.44. The van der Waals surface area contributed by atoms with E-state index < -0.39 is 0 Å². The zero-order chi connectivity index (χ0) is 13.1. The number of hydrogen-bond acceptors (Lipinski definition) is 3. The van der Waals surface area contributed by atoms with Crippen molar-refractivity contribution < 1.29 is 9.90 Å². The summed E-state index contributed by atoms with van der Waals surface area (Å²) in [5, 5.41) is 12.2. The zero-order valence-corrected chi connectivity index (χ0v) is 10.6. The standard InChI is InChI=1S/C13H20N2O2/c1-9-8-10(16)4-5-11(9)12(17)15-13(2,3)6-7-14/h4-5,8,16H,6-7,14H2,1-3H3,(H,15,17). The zero-order valence-electron chi connectivity index (χ0n) is 10.6. The van der Waals surface area contributed by atoms with E-state index in [1.54, 1.807) is 19.1 Å². The fourth-order valence-electron chi connectivity index (χ4n) is 1.70. The van der Waals surface area contributed by atoms with Crippen molar-refractivity contribution >= 4 is 5.91 Å². The van der Waals surface area contributed by atoms with Gasteiger partial charge >= 0.3 is 0 Å². The summed E-state index contributed by atoms with van der Waals surface area (Å²) in [4.78, 5) is 12.0. The molecule has 94 valence electrons. The minimum atomic E-state index is -0.323. The summed E-state index contributed by atoms with van der Waals surface area (Å²) in [6.45, 7) is 6.20. The molecular formula is C13H20N2O2. The average Bonchev–Trinajstić information content (AvgIpc) is 2.15. The highest BCUT2D eigenvalue weighted by molar-refractivity contribution is 5.96. The summed E-state index contributed by atoms with van der Waals surface area (Å²) in [5.41, 5.74) is 6.50. The van der Waals surface area contributed by atoms with Crippen molar-refractivity contribution in [1.29, 1.82) is 0 Å². The van der Waals surface area contributed by atoms with Gasteiger partial charge in [-0.15, -0.1) is 0 Å². The van der Waals surface area contributed by atoms with E-state index in [9.17, 15) is 9.90 Å². The molecule has 0 aliphatic carbocycles. The Kier molecular flexibility index (Phi) is 4.12. The Morgan fingerprint density at radius 3 is 2.65 bits per heavy atom. The highest BCUT2D eigenvalue weighted by Gasteiger charge is 2.21. The molecule has 0 unspecified atom stereocenters. The number of carbonyl (C=O) groups excluding carboxylic acids is 1. The van der Waals surface area contributed by atoms with Crippen molar-refractivity contribution in [2.24, 2.45) is 5.73 Å². The molecule has 0 aromatic heterocycles. The smallest absolute Gasteiger partial charge is 0.251 e. The maximum Gasteiger partial charge on any atom is 0.251 e. The molecule has 0 fully saturated rings. The molecule has 4 nitrogen and oxygen atoms in total. The molecule has 0 spiro atoms. The lowest BCUT2D eigenvalue weighted by atomic mass is 9.99. The molecule has 1 aromatic carbocycles. The van der Waals surface area contributed by atoms with E-state index in [2.05, 4.69) is 5.32 Å². The topological polar surface area (TPSA) is 75.3 Å². The number of nitrogens with one attached hydrogen (secondary N) is 1. The van der Waals surface area contributed by atoms with Gasteiger partial charge in [-0.05, 0) is 57.5 Å². The van der Waals surface area contributed by atoms with Gasteiger partial charge in [-0.3, -0.25) is 4.79 Å². The lowest BCUT2D eigenvalue weighted by molar-refractivity contribution is 0.0910. The quantitative estimate of drug-likeness (QED) is 0.742. The molecule has 17 heavy (non-hydrogen) atoms. The number of benzene rings is 1. The largest absolute Gasteiger partial charge is 0.508 e. The summed E-state index contributed by atoms with van der Waals surface area (Å²) >= 11 is 0. The Bertz CT molecular complexity index is 414. The van der Waals surface area contributed by atoms with Crippen LogP contribution in [0.15, 0.2) is 18.2 Å². The van der Waals surface area contributed by atoms with Gasteiger partial charge in [0.15, 0.2) is 0 Å². The van der Waals surface area contributed by atoms with E-state index in [1.165, 1.54) is 6.07 Å². The van der Waals surface area contributed by atoms with Gasteiger partial charge in [-0.2, -0.15) is 0 Å². The van der Waals surface area contributed by atoms with Gasteiger partial charge in [-0.1, -0.05) is 0 Å². The average molecular weight is 236 g/mol. The maximum absolute atomic E-state index is 12.0. The summed E-state index contributed by atoms with van der Waals surface area (Å²) in [6, 6.07) is 4.71. The Labute approximate surface area is 102 Å². The predicted octanol–water partition coefficient (Wildman–Crippen LogP) is 1.56. The van der Waals surface area contributed by atoms with Crippen LogP contribution in [0.3, 0.4) is 0 Å². The van der Waals surface area contributed by atoms with Crippen LogP contribution in [0.4, 0.5) is 0 Å². The van der Waals surface area contributed by atoms with Crippen molar-refractivity contribution in [3.63, 3.8) is 0 Å². The second kappa shape index (κ2) is 5.19. The van der Waals surface area contributed by atoms with Crippen LogP contribution >= 0.6 is 0 Å². The monoisotopic (exact) mass is 236 g/mol. The molecule has 4 N–H and O–H groups in total. The summed E-state index contributed by atoms with van der Waals surface area (Å²) < 4.78 is 0. The Morgan fingerprint density at radius 2 is 2.12 bits per heavy atom. The third-order valence-corrected chi connectivity index (χ3v) is 2.68.